The van der Waals surface area contributed by atoms with Crippen molar-refractivity contribution in [3.8, 4) is 0 Å². The smallest absolute Gasteiger partial charge is 0.267 e. The van der Waals surface area contributed by atoms with Crippen LogP contribution in [0.25, 0.3) is 0 Å². The summed E-state index contributed by atoms with van der Waals surface area (Å²) in [6.45, 7) is 6.02. The van der Waals surface area contributed by atoms with E-state index in [9.17, 15) is 4.79 Å². The first-order chi connectivity index (χ1) is 8.45. The van der Waals surface area contributed by atoms with Crippen LogP contribution in [-0.4, -0.2) is 11.6 Å². The minimum atomic E-state index is -0.222. The lowest BCUT2D eigenvalue weighted by molar-refractivity contribution is -0.114. The van der Waals surface area contributed by atoms with Crippen LogP contribution in [0.4, 0.5) is 5.69 Å². The molecule has 0 unspecified atom stereocenters. The number of hydrogen-bond acceptors (Lipinski definition) is 2. The zero-order chi connectivity index (χ0) is 13.3. The molecule has 2 rings (SSSR count). The highest BCUT2D eigenvalue weighted by Crippen LogP contribution is 2.31. The van der Waals surface area contributed by atoms with Crippen molar-refractivity contribution in [1.29, 1.82) is 0 Å². The van der Waals surface area contributed by atoms with Gasteiger partial charge in [-0.15, -0.1) is 0 Å². The van der Waals surface area contributed by atoms with Gasteiger partial charge in [-0.1, -0.05) is 50.6 Å². The van der Waals surface area contributed by atoms with Gasteiger partial charge in [-0.05, 0) is 12.1 Å². The van der Waals surface area contributed by atoms with Gasteiger partial charge in [-0.2, -0.15) is 10.1 Å². The Hall–Kier alpha value is -1.61. The summed E-state index contributed by atoms with van der Waals surface area (Å²) in [7, 11) is 0. The number of hydrogen-bond donors (Lipinski definition) is 0. The number of hydrazone groups is 1. The minimum Gasteiger partial charge on any atom is -0.267 e. The summed E-state index contributed by atoms with van der Waals surface area (Å²) in [5.74, 6) is -0.180. The maximum atomic E-state index is 12.3. The predicted molar refractivity (Wildman–Crippen MR) is 74.8 cm³/mol. The molecule has 0 aromatic heterocycles. The summed E-state index contributed by atoms with van der Waals surface area (Å²) < 4.78 is 0. The first-order valence-corrected chi connectivity index (χ1v) is 6.18. The highest BCUT2D eigenvalue weighted by Gasteiger charge is 2.36. The van der Waals surface area contributed by atoms with Crippen molar-refractivity contribution in [3.63, 3.8) is 0 Å². The van der Waals surface area contributed by atoms with Crippen LogP contribution in [0.2, 0.25) is 0 Å². The second-order valence-corrected chi connectivity index (χ2v) is 5.39. The third-order valence-electron chi connectivity index (χ3n) is 2.70. The van der Waals surface area contributed by atoms with Gasteiger partial charge in [0.25, 0.3) is 5.91 Å². The molecule has 0 radical (unpaired) electrons. The lowest BCUT2D eigenvalue weighted by atomic mass is 9.86. The summed E-state index contributed by atoms with van der Waals surface area (Å²) in [5.41, 5.74) is 3.02. The van der Waals surface area contributed by atoms with Gasteiger partial charge in [0.1, 0.15) is 0 Å². The maximum absolute atomic E-state index is 12.3. The second-order valence-electron chi connectivity index (χ2n) is 5.17. The number of rotatable bonds is 1. The molecule has 3 nitrogen and oxygen atoms in total. The monoisotopic (exact) mass is 262 g/mol. The van der Waals surface area contributed by atoms with Crippen LogP contribution in [0, 0.1) is 5.41 Å². The van der Waals surface area contributed by atoms with E-state index in [1.165, 1.54) is 10.5 Å². The van der Waals surface area contributed by atoms with E-state index >= 15 is 0 Å². The Bertz CT molecular complexity index is 526. The number of carbonyl (C=O) groups is 1. The molecule has 18 heavy (non-hydrogen) atoms. The molecule has 0 atom stereocenters. The van der Waals surface area contributed by atoms with Crippen LogP contribution >= 0.6 is 11.6 Å². The van der Waals surface area contributed by atoms with Gasteiger partial charge in [0.2, 0.25) is 0 Å². The first kappa shape index (κ1) is 12.8. The Kier molecular flexibility index (Phi) is 3.26. The lowest BCUT2D eigenvalue weighted by Gasteiger charge is -2.17. The summed E-state index contributed by atoms with van der Waals surface area (Å²) in [6, 6.07) is 9.34. The zero-order valence-electron chi connectivity index (χ0n) is 10.6. The van der Waals surface area contributed by atoms with Crippen LogP contribution < -0.4 is 5.01 Å². The van der Waals surface area contributed by atoms with E-state index in [1.54, 1.807) is 0 Å². The first-order valence-electron chi connectivity index (χ1n) is 5.74. The van der Waals surface area contributed by atoms with Gasteiger partial charge in [-0.25, -0.2) is 0 Å². The molecule has 94 valence electrons. The van der Waals surface area contributed by atoms with Crippen LogP contribution in [0.5, 0.6) is 0 Å². The van der Waals surface area contributed by atoms with Crippen molar-refractivity contribution < 1.29 is 4.79 Å². The SMILES string of the molecule is CC(C)(C)C1=NN(c2ccccc2)C(=O)/C1=C\Cl. The van der Waals surface area contributed by atoms with Gasteiger partial charge in [0.05, 0.1) is 17.0 Å². The molecule has 1 aromatic rings. The molecular weight excluding hydrogens is 248 g/mol. The predicted octanol–water partition coefficient (Wildman–Crippen LogP) is 3.56. The maximum Gasteiger partial charge on any atom is 0.281 e. The van der Waals surface area contributed by atoms with Crippen LogP contribution in [0.1, 0.15) is 20.8 Å². The standard InChI is InChI=1S/C14H15ClN2O/c1-14(2,3)12-11(9-15)13(18)17(16-12)10-7-5-4-6-8-10/h4-9H,1-3H3/b11-9-. The van der Waals surface area contributed by atoms with Crippen molar-refractivity contribution in [1.82, 2.24) is 0 Å². The van der Waals surface area contributed by atoms with E-state index < -0.39 is 0 Å². The van der Waals surface area contributed by atoms with Gasteiger partial charge in [-0.3, -0.25) is 4.79 Å². The van der Waals surface area contributed by atoms with Gasteiger partial charge >= 0.3 is 0 Å². The highest BCUT2D eigenvalue weighted by molar-refractivity contribution is 6.38. The molecule has 0 spiro atoms. The Balaban J connectivity index is 2.47. The normalized spacial score (nSPS) is 18.4. The Morgan fingerprint density at radius 2 is 1.83 bits per heavy atom. The van der Waals surface area contributed by atoms with E-state index in [0.29, 0.717) is 11.3 Å². The van der Waals surface area contributed by atoms with E-state index in [-0.39, 0.29) is 11.3 Å². The fourth-order valence-electron chi connectivity index (χ4n) is 1.81. The van der Waals surface area contributed by atoms with Crippen LogP contribution in [-0.2, 0) is 4.79 Å². The summed E-state index contributed by atoms with van der Waals surface area (Å²) in [5, 5.41) is 5.81. The number of halogens is 1. The van der Waals surface area contributed by atoms with Crippen LogP contribution in [0.3, 0.4) is 0 Å². The van der Waals surface area contributed by atoms with E-state index in [4.69, 9.17) is 11.6 Å². The van der Waals surface area contributed by atoms with Gasteiger partial charge in [0.15, 0.2) is 0 Å². The third-order valence-corrected chi connectivity index (χ3v) is 2.92. The molecule has 0 saturated carbocycles. The van der Waals surface area contributed by atoms with Crippen molar-refractivity contribution in [3.05, 3.63) is 41.4 Å². The van der Waals surface area contributed by atoms with Gasteiger partial charge < -0.3 is 0 Å². The van der Waals surface area contributed by atoms with Crippen molar-refractivity contribution in [2.45, 2.75) is 20.8 Å². The van der Waals surface area contributed by atoms with E-state index in [0.717, 1.165) is 5.69 Å². The number of para-hydroxylation sites is 1. The molecule has 1 aliphatic rings. The number of amides is 1. The number of nitrogens with zero attached hydrogens (tertiary/aromatic N) is 2. The van der Waals surface area contributed by atoms with Crippen molar-refractivity contribution >= 4 is 28.9 Å². The highest BCUT2D eigenvalue weighted by atomic mass is 35.5. The summed E-state index contributed by atoms with van der Waals surface area (Å²) in [4.78, 5) is 12.3. The third kappa shape index (κ3) is 2.18. The Morgan fingerprint density at radius 1 is 1.22 bits per heavy atom. The quantitative estimate of drug-likeness (QED) is 0.713. The largest absolute Gasteiger partial charge is 0.281 e. The molecule has 0 saturated heterocycles. The van der Waals surface area contributed by atoms with Crippen molar-refractivity contribution in [2.75, 3.05) is 5.01 Å². The molecule has 1 aliphatic heterocycles. The topological polar surface area (TPSA) is 32.7 Å². The molecule has 1 amide bonds. The van der Waals surface area contributed by atoms with Gasteiger partial charge in [0, 0.05) is 11.0 Å². The van der Waals surface area contributed by atoms with Crippen molar-refractivity contribution in [2.24, 2.45) is 10.5 Å². The molecule has 1 aromatic carbocycles. The van der Waals surface area contributed by atoms with E-state index in [1.807, 2.05) is 51.1 Å². The molecule has 0 bridgehead atoms. The molecule has 4 heteroatoms. The molecule has 0 N–H and O–H groups in total. The second kappa shape index (κ2) is 4.58. The van der Waals surface area contributed by atoms with Crippen LogP contribution in [0.15, 0.2) is 46.5 Å². The number of carbonyl (C=O) groups excluding carboxylic acids is 1. The summed E-state index contributed by atoms with van der Waals surface area (Å²) in [6.07, 6.45) is 0. The fourth-order valence-corrected chi connectivity index (χ4v) is 2.01. The summed E-state index contributed by atoms with van der Waals surface area (Å²) >= 11 is 5.77. The minimum absolute atomic E-state index is 0.180. The average Bonchev–Trinajstić information content (AvgIpc) is 2.67. The molecule has 0 fully saturated rings. The fraction of sp³-hybridized carbons (Fsp3) is 0.286. The molecule has 1 heterocycles. The zero-order valence-corrected chi connectivity index (χ0v) is 11.4. The number of benzene rings is 1. The Morgan fingerprint density at radius 3 is 2.28 bits per heavy atom. The number of anilines is 1. The van der Waals surface area contributed by atoms with E-state index in [2.05, 4.69) is 5.10 Å². The lowest BCUT2D eigenvalue weighted by Crippen LogP contribution is -2.23. The Labute approximate surface area is 112 Å². The molecule has 0 aliphatic carbocycles. The average molecular weight is 263 g/mol. The molecular formula is C14H15ClN2O.